The maximum absolute atomic E-state index is 5.91. The van der Waals surface area contributed by atoms with Crippen LogP contribution in [0.4, 0.5) is 11.6 Å². The van der Waals surface area contributed by atoms with Crippen molar-refractivity contribution < 1.29 is 0 Å². The third-order valence-electron chi connectivity index (χ3n) is 3.82. The summed E-state index contributed by atoms with van der Waals surface area (Å²) in [7, 11) is 0. The Morgan fingerprint density at radius 1 is 1.15 bits per heavy atom. The van der Waals surface area contributed by atoms with E-state index in [2.05, 4.69) is 22.2 Å². The van der Waals surface area contributed by atoms with E-state index in [1.165, 1.54) is 19.3 Å². The summed E-state index contributed by atoms with van der Waals surface area (Å²) >= 11 is 0. The Morgan fingerprint density at radius 2 is 1.95 bits per heavy atom. The van der Waals surface area contributed by atoms with Crippen molar-refractivity contribution in [2.45, 2.75) is 32.2 Å². The fourth-order valence-electron chi connectivity index (χ4n) is 2.80. The Labute approximate surface area is 119 Å². The van der Waals surface area contributed by atoms with Crippen LogP contribution in [-0.2, 0) is 0 Å². The molecule has 3 N–H and O–H groups in total. The molecular weight excluding hydrogens is 248 g/mol. The molecule has 0 radical (unpaired) electrons. The lowest BCUT2D eigenvalue weighted by Crippen LogP contribution is -2.17. The molecule has 4 heteroatoms. The summed E-state index contributed by atoms with van der Waals surface area (Å²) in [5.41, 5.74) is 6.90. The lowest BCUT2D eigenvalue weighted by Gasteiger charge is -2.14. The van der Waals surface area contributed by atoms with Crippen LogP contribution in [-0.4, -0.2) is 16.0 Å². The Kier molecular flexibility index (Phi) is 3.54. The Bertz CT molecular complexity index is 582. The second-order valence-electron chi connectivity index (χ2n) is 5.63. The molecule has 2 unspecified atom stereocenters. The zero-order chi connectivity index (χ0) is 13.9. The van der Waals surface area contributed by atoms with Gasteiger partial charge in [-0.25, -0.2) is 9.97 Å². The van der Waals surface area contributed by atoms with Crippen molar-refractivity contribution in [3.05, 3.63) is 36.4 Å². The standard InChI is InChI=1S/C16H20N4/c1-11-7-8-13(9-11)18-15-10-14(17)19-16(20-15)12-5-3-2-4-6-12/h2-6,10-11,13H,7-9H2,1H3,(H3,17,18,19,20). The van der Waals surface area contributed by atoms with Crippen LogP contribution in [0.25, 0.3) is 11.4 Å². The number of hydrogen-bond donors (Lipinski definition) is 2. The van der Waals surface area contributed by atoms with Gasteiger partial charge < -0.3 is 11.1 Å². The van der Waals surface area contributed by atoms with Gasteiger partial charge in [0.15, 0.2) is 5.82 Å². The van der Waals surface area contributed by atoms with Gasteiger partial charge >= 0.3 is 0 Å². The maximum Gasteiger partial charge on any atom is 0.163 e. The molecule has 104 valence electrons. The monoisotopic (exact) mass is 268 g/mol. The molecule has 1 fully saturated rings. The maximum atomic E-state index is 5.91. The number of nitrogen functional groups attached to an aromatic ring is 1. The molecule has 2 aromatic rings. The van der Waals surface area contributed by atoms with E-state index in [0.29, 0.717) is 17.7 Å². The first-order valence-corrected chi connectivity index (χ1v) is 7.17. The molecule has 2 atom stereocenters. The van der Waals surface area contributed by atoms with Crippen molar-refractivity contribution >= 4 is 11.6 Å². The highest BCUT2D eigenvalue weighted by Gasteiger charge is 2.21. The molecule has 1 aliphatic rings. The molecule has 0 amide bonds. The van der Waals surface area contributed by atoms with Crippen molar-refractivity contribution in [2.24, 2.45) is 5.92 Å². The van der Waals surface area contributed by atoms with Crippen LogP contribution in [0.1, 0.15) is 26.2 Å². The molecule has 4 nitrogen and oxygen atoms in total. The Morgan fingerprint density at radius 3 is 2.65 bits per heavy atom. The minimum atomic E-state index is 0.503. The molecule has 1 aromatic heterocycles. The average molecular weight is 268 g/mol. The molecule has 1 heterocycles. The van der Waals surface area contributed by atoms with E-state index in [0.717, 1.165) is 17.3 Å². The average Bonchev–Trinajstić information content (AvgIpc) is 2.84. The fourth-order valence-corrected chi connectivity index (χ4v) is 2.80. The van der Waals surface area contributed by atoms with Crippen LogP contribution in [0.2, 0.25) is 0 Å². The van der Waals surface area contributed by atoms with E-state index in [9.17, 15) is 0 Å². The zero-order valence-electron chi connectivity index (χ0n) is 11.7. The normalized spacial score (nSPS) is 21.9. The number of hydrogen-bond acceptors (Lipinski definition) is 4. The molecule has 20 heavy (non-hydrogen) atoms. The number of nitrogens with two attached hydrogens (primary N) is 1. The number of benzene rings is 1. The molecule has 1 saturated carbocycles. The van der Waals surface area contributed by atoms with Crippen LogP contribution in [0.5, 0.6) is 0 Å². The van der Waals surface area contributed by atoms with Gasteiger partial charge in [-0.15, -0.1) is 0 Å². The van der Waals surface area contributed by atoms with Crippen molar-refractivity contribution in [1.82, 2.24) is 9.97 Å². The van der Waals surface area contributed by atoms with Crippen molar-refractivity contribution in [3.63, 3.8) is 0 Å². The van der Waals surface area contributed by atoms with Crippen LogP contribution in [0.3, 0.4) is 0 Å². The molecule has 1 aliphatic carbocycles. The summed E-state index contributed by atoms with van der Waals surface area (Å²) in [4.78, 5) is 8.91. The number of nitrogens with zero attached hydrogens (tertiary/aromatic N) is 2. The lowest BCUT2D eigenvalue weighted by atomic mass is 10.1. The van der Waals surface area contributed by atoms with Gasteiger partial charge in [-0.2, -0.15) is 0 Å². The minimum Gasteiger partial charge on any atom is -0.384 e. The number of nitrogens with one attached hydrogen (secondary N) is 1. The summed E-state index contributed by atoms with van der Waals surface area (Å²) in [6.07, 6.45) is 3.68. The van der Waals surface area contributed by atoms with Crippen LogP contribution < -0.4 is 11.1 Å². The van der Waals surface area contributed by atoms with Crippen LogP contribution in [0, 0.1) is 5.92 Å². The van der Waals surface area contributed by atoms with Gasteiger partial charge in [-0.3, -0.25) is 0 Å². The van der Waals surface area contributed by atoms with Crippen LogP contribution >= 0.6 is 0 Å². The summed E-state index contributed by atoms with van der Waals surface area (Å²) in [6.45, 7) is 2.30. The van der Waals surface area contributed by atoms with Crippen molar-refractivity contribution in [2.75, 3.05) is 11.1 Å². The van der Waals surface area contributed by atoms with Crippen molar-refractivity contribution in [1.29, 1.82) is 0 Å². The topological polar surface area (TPSA) is 63.8 Å². The largest absolute Gasteiger partial charge is 0.384 e. The predicted molar refractivity (Wildman–Crippen MR) is 82.3 cm³/mol. The summed E-state index contributed by atoms with van der Waals surface area (Å²) in [5.74, 6) is 2.81. The van der Waals surface area contributed by atoms with Gasteiger partial charge in [0.05, 0.1) is 0 Å². The Hall–Kier alpha value is -2.10. The van der Waals surface area contributed by atoms with E-state index >= 15 is 0 Å². The fraction of sp³-hybridized carbons (Fsp3) is 0.375. The van der Waals surface area contributed by atoms with E-state index < -0.39 is 0 Å². The number of rotatable bonds is 3. The van der Waals surface area contributed by atoms with Gasteiger partial charge in [0.25, 0.3) is 0 Å². The lowest BCUT2D eigenvalue weighted by molar-refractivity contribution is 0.602. The van der Waals surface area contributed by atoms with Gasteiger partial charge in [0, 0.05) is 17.7 Å². The van der Waals surface area contributed by atoms with E-state index in [-0.39, 0.29) is 0 Å². The van der Waals surface area contributed by atoms with Crippen molar-refractivity contribution in [3.8, 4) is 11.4 Å². The highest BCUT2D eigenvalue weighted by molar-refractivity contribution is 5.60. The summed E-state index contributed by atoms with van der Waals surface area (Å²) in [6, 6.07) is 12.3. The quantitative estimate of drug-likeness (QED) is 0.896. The zero-order valence-corrected chi connectivity index (χ0v) is 11.7. The smallest absolute Gasteiger partial charge is 0.163 e. The molecule has 3 rings (SSSR count). The predicted octanol–water partition coefficient (Wildman–Crippen LogP) is 3.33. The third kappa shape index (κ3) is 2.90. The molecular formula is C16H20N4. The molecule has 0 spiro atoms. The first kappa shape index (κ1) is 12.9. The van der Waals surface area contributed by atoms with E-state index in [1.807, 2.05) is 36.4 Å². The van der Waals surface area contributed by atoms with Gasteiger partial charge in [0.1, 0.15) is 11.6 Å². The minimum absolute atomic E-state index is 0.503. The first-order valence-electron chi connectivity index (χ1n) is 7.17. The Balaban J connectivity index is 1.83. The van der Waals surface area contributed by atoms with Crippen LogP contribution in [0.15, 0.2) is 36.4 Å². The summed E-state index contributed by atoms with van der Waals surface area (Å²) < 4.78 is 0. The SMILES string of the molecule is CC1CCC(Nc2cc(N)nc(-c3ccccc3)n2)C1. The van der Waals surface area contributed by atoms with Gasteiger partial charge in [-0.1, -0.05) is 37.3 Å². The second-order valence-corrected chi connectivity index (χ2v) is 5.63. The highest BCUT2D eigenvalue weighted by Crippen LogP contribution is 2.28. The third-order valence-corrected chi connectivity index (χ3v) is 3.82. The number of anilines is 2. The molecule has 0 bridgehead atoms. The van der Waals surface area contributed by atoms with E-state index in [4.69, 9.17) is 5.73 Å². The first-order chi connectivity index (χ1) is 9.70. The molecule has 0 aliphatic heterocycles. The molecule has 1 aromatic carbocycles. The number of aromatic nitrogens is 2. The highest BCUT2D eigenvalue weighted by atomic mass is 15.1. The van der Waals surface area contributed by atoms with Gasteiger partial charge in [0.2, 0.25) is 0 Å². The summed E-state index contributed by atoms with van der Waals surface area (Å²) in [5, 5.41) is 3.49. The second kappa shape index (κ2) is 5.49. The molecule has 0 saturated heterocycles. The van der Waals surface area contributed by atoms with E-state index in [1.54, 1.807) is 0 Å². The van der Waals surface area contributed by atoms with Gasteiger partial charge in [-0.05, 0) is 25.2 Å².